The minimum atomic E-state index is -0.0964. The summed E-state index contributed by atoms with van der Waals surface area (Å²) in [6.45, 7) is 4.47. The molecule has 0 spiro atoms. The van der Waals surface area contributed by atoms with Crippen LogP contribution in [0.2, 0.25) is 0 Å². The second kappa shape index (κ2) is 5.11. The second-order valence-corrected chi connectivity index (χ2v) is 4.95. The molecule has 1 fully saturated rings. The van der Waals surface area contributed by atoms with Crippen molar-refractivity contribution >= 4 is 5.91 Å². The molecule has 20 heavy (non-hydrogen) atoms. The van der Waals surface area contributed by atoms with Gasteiger partial charge in [0.2, 0.25) is 5.89 Å². The Hall–Kier alpha value is -2.11. The van der Waals surface area contributed by atoms with E-state index in [0.29, 0.717) is 36.0 Å². The van der Waals surface area contributed by atoms with E-state index in [0.717, 1.165) is 12.8 Å². The first kappa shape index (κ1) is 12.9. The zero-order valence-corrected chi connectivity index (χ0v) is 11.6. The lowest BCUT2D eigenvalue weighted by Crippen LogP contribution is -2.31. The quantitative estimate of drug-likeness (QED) is 0.860. The fourth-order valence-corrected chi connectivity index (χ4v) is 2.59. The third-order valence-corrected chi connectivity index (χ3v) is 3.69. The van der Waals surface area contributed by atoms with Crippen LogP contribution in [0.1, 0.15) is 53.6 Å². The van der Waals surface area contributed by atoms with Crippen LogP contribution in [-0.2, 0) is 6.42 Å². The molecule has 0 unspecified atom stereocenters. The normalized spacial score (nSPS) is 18.7. The highest BCUT2D eigenvalue weighted by atomic mass is 16.5. The lowest BCUT2D eigenvalue weighted by atomic mass is 10.2. The number of amides is 1. The van der Waals surface area contributed by atoms with E-state index >= 15 is 0 Å². The van der Waals surface area contributed by atoms with E-state index in [1.807, 2.05) is 11.8 Å². The fourth-order valence-electron chi connectivity index (χ4n) is 2.59. The molecule has 2 aromatic heterocycles. The monoisotopic (exact) mass is 275 g/mol. The van der Waals surface area contributed by atoms with Gasteiger partial charge in [-0.2, -0.15) is 4.98 Å². The summed E-state index contributed by atoms with van der Waals surface area (Å²) in [7, 11) is 0. The van der Waals surface area contributed by atoms with Gasteiger partial charge in [0.25, 0.3) is 5.91 Å². The van der Waals surface area contributed by atoms with Crippen molar-refractivity contribution in [2.24, 2.45) is 0 Å². The van der Waals surface area contributed by atoms with E-state index < -0.39 is 0 Å². The SMILES string of the molecule is CCc1nc([C@@H]2CCCN2C(=O)c2ccoc2C)no1. The molecule has 1 saturated heterocycles. The second-order valence-electron chi connectivity index (χ2n) is 4.95. The number of carbonyl (C=O) groups excluding carboxylic acids is 1. The highest BCUT2D eigenvalue weighted by molar-refractivity contribution is 5.95. The highest BCUT2D eigenvalue weighted by Crippen LogP contribution is 2.32. The van der Waals surface area contributed by atoms with Crippen molar-refractivity contribution in [3.8, 4) is 0 Å². The van der Waals surface area contributed by atoms with Crippen LogP contribution in [0, 0.1) is 6.92 Å². The van der Waals surface area contributed by atoms with Gasteiger partial charge in [-0.25, -0.2) is 0 Å². The van der Waals surface area contributed by atoms with E-state index in [-0.39, 0.29) is 11.9 Å². The first-order valence-corrected chi connectivity index (χ1v) is 6.88. The number of hydrogen-bond donors (Lipinski definition) is 0. The van der Waals surface area contributed by atoms with Gasteiger partial charge in [-0.15, -0.1) is 0 Å². The number of aromatic nitrogens is 2. The Morgan fingerprint density at radius 2 is 2.40 bits per heavy atom. The summed E-state index contributed by atoms with van der Waals surface area (Å²) in [6.07, 6.45) is 4.06. The lowest BCUT2D eigenvalue weighted by Gasteiger charge is -2.21. The number of rotatable bonds is 3. The summed E-state index contributed by atoms with van der Waals surface area (Å²) in [5.74, 6) is 1.83. The van der Waals surface area contributed by atoms with Crippen molar-refractivity contribution in [2.75, 3.05) is 6.54 Å². The van der Waals surface area contributed by atoms with Crippen LogP contribution in [0.25, 0.3) is 0 Å². The number of hydrogen-bond acceptors (Lipinski definition) is 5. The molecule has 0 N–H and O–H groups in total. The molecule has 0 aromatic carbocycles. The van der Waals surface area contributed by atoms with E-state index in [1.165, 1.54) is 6.26 Å². The molecule has 2 aromatic rings. The van der Waals surface area contributed by atoms with Crippen LogP contribution >= 0.6 is 0 Å². The van der Waals surface area contributed by atoms with Crippen molar-refractivity contribution in [3.05, 3.63) is 35.4 Å². The van der Waals surface area contributed by atoms with Crippen molar-refractivity contribution in [1.29, 1.82) is 0 Å². The van der Waals surface area contributed by atoms with Crippen LogP contribution in [0.15, 0.2) is 21.3 Å². The Morgan fingerprint density at radius 3 is 3.05 bits per heavy atom. The summed E-state index contributed by atoms with van der Waals surface area (Å²) < 4.78 is 10.4. The third-order valence-electron chi connectivity index (χ3n) is 3.69. The number of likely N-dealkylation sites (tertiary alicyclic amines) is 1. The van der Waals surface area contributed by atoms with Crippen LogP contribution in [-0.4, -0.2) is 27.5 Å². The predicted molar refractivity (Wildman–Crippen MR) is 70.1 cm³/mol. The van der Waals surface area contributed by atoms with Gasteiger partial charge in [-0.05, 0) is 25.8 Å². The molecule has 0 bridgehead atoms. The number of aryl methyl sites for hydroxylation is 2. The van der Waals surface area contributed by atoms with Crippen LogP contribution in [0.5, 0.6) is 0 Å². The molecular weight excluding hydrogens is 258 g/mol. The lowest BCUT2D eigenvalue weighted by molar-refractivity contribution is 0.0726. The Kier molecular flexibility index (Phi) is 3.30. The van der Waals surface area contributed by atoms with Gasteiger partial charge in [0.15, 0.2) is 5.82 Å². The molecule has 3 rings (SSSR count). The molecule has 0 aliphatic carbocycles. The number of furan rings is 1. The molecular formula is C14H17N3O3. The van der Waals surface area contributed by atoms with Gasteiger partial charge in [-0.1, -0.05) is 12.1 Å². The van der Waals surface area contributed by atoms with Gasteiger partial charge in [0.1, 0.15) is 5.76 Å². The fraction of sp³-hybridized carbons (Fsp3) is 0.500. The van der Waals surface area contributed by atoms with E-state index in [2.05, 4.69) is 10.1 Å². The van der Waals surface area contributed by atoms with Gasteiger partial charge in [0.05, 0.1) is 17.9 Å². The molecule has 6 nitrogen and oxygen atoms in total. The van der Waals surface area contributed by atoms with E-state index in [1.54, 1.807) is 13.0 Å². The molecule has 0 saturated carbocycles. The third kappa shape index (κ3) is 2.11. The highest BCUT2D eigenvalue weighted by Gasteiger charge is 2.34. The maximum atomic E-state index is 12.6. The van der Waals surface area contributed by atoms with Crippen LogP contribution < -0.4 is 0 Å². The Balaban J connectivity index is 1.85. The van der Waals surface area contributed by atoms with Gasteiger partial charge < -0.3 is 13.8 Å². The van der Waals surface area contributed by atoms with Gasteiger partial charge in [0, 0.05) is 13.0 Å². The maximum absolute atomic E-state index is 12.6. The molecule has 1 amide bonds. The Bertz CT molecular complexity index is 617. The summed E-state index contributed by atoms with van der Waals surface area (Å²) >= 11 is 0. The van der Waals surface area contributed by atoms with E-state index in [4.69, 9.17) is 8.94 Å². The molecule has 6 heteroatoms. The maximum Gasteiger partial charge on any atom is 0.258 e. The minimum Gasteiger partial charge on any atom is -0.469 e. The Labute approximate surface area is 116 Å². The smallest absolute Gasteiger partial charge is 0.258 e. The zero-order valence-electron chi connectivity index (χ0n) is 11.6. The predicted octanol–water partition coefficient (Wildman–Crippen LogP) is 2.51. The molecule has 1 aliphatic heterocycles. The van der Waals surface area contributed by atoms with Crippen LogP contribution in [0.3, 0.4) is 0 Å². The number of carbonyl (C=O) groups is 1. The topological polar surface area (TPSA) is 72.4 Å². The first-order chi connectivity index (χ1) is 9.70. The molecule has 3 heterocycles. The largest absolute Gasteiger partial charge is 0.469 e. The van der Waals surface area contributed by atoms with Crippen LogP contribution in [0.4, 0.5) is 0 Å². The standard InChI is InChI=1S/C14H17N3O3/c1-3-12-15-13(16-20-12)11-5-4-7-17(11)14(18)10-6-8-19-9(10)2/h6,8,11H,3-5,7H2,1-2H3/t11-/m0/s1. The summed E-state index contributed by atoms with van der Waals surface area (Å²) in [4.78, 5) is 18.7. The summed E-state index contributed by atoms with van der Waals surface area (Å²) in [6, 6.07) is 1.61. The molecule has 1 atom stereocenters. The van der Waals surface area contributed by atoms with Gasteiger partial charge in [-0.3, -0.25) is 4.79 Å². The molecule has 106 valence electrons. The van der Waals surface area contributed by atoms with Crippen molar-refractivity contribution in [2.45, 2.75) is 39.2 Å². The number of nitrogens with zero attached hydrogens (tertiary/aromatic N) is 3. The van der Waals surface area contributed by atoms with E-state index in [9.17, 15) is 4.79 Å². The molecule has 0 radical (unpaired) electrons. The average Bonchev–Trinajstić information content (AvgIpc) is 3.17. The zero-order chi connectivity index (χ0) is 14.1. The van der Waals surface area contributed by atoms with Gasteiger partial charge >= 0.3 is 0 Å². The van der Waals surface area contributed by atoms with Crippen molar-refractivity contribution < 1.29 is 13.7 Å². The summed E-state index contributed by atoms with van der Waals surface area (Å²) in [5, 5.41) is 4.00. The average molecular weight is 275 g/mol. The van der Waals surface area contributed by atoms with Crippen molar-refractivity contribution in [1.82, 2.24) is 15.0 Å². The minimum absolute atomic E-state index is 0.0263. The Morgan fingerprint density at radius 1 is 1.55 bits per heavy atom. The first-order valence-electron chi connectivity index (χ1n) is 6.88. The van der Waals surface area contributed by atoms with Crippen molar-refractivity contribution in [3.63, 3.8) is 0 Å². The summed E-state index contributed by atoms with van der Waals surface area (Å²) in [5.41, 5.74) is 0.608. The molecule has 1 aliphatic rings.